The molecule has 8 heteroatoms. The number of rotatable bonds is 7. The minimum atomic E-state index is -0.0875. The van der Waals surface area contributed by atoms with Crippen LogP contribution in [0.5, 0.6) is 0 Å². The highest BCUT2D eigenvalue weighted by atomic mass is 32.2. The van der Waals surface area contributed by atoms with E-state index < -0.39 is 0 Å². The Morgan fingerprint density at radius 3 is 2.61 bits per heavy atom. The molecular weight excluding hydrogens is 410 g/mol. The first-order valence-electron chi connectivity index (χ1n) is 9.87. The Bertz CT molecular complexity index is 1160. The number of amides is 1. The number of carbonyl (C=O) groups is 1. The molecule has 0 radical (unpaired) electrons. The van der Waals surface area contributed by atoms with Crippen LogP contribution in [0.4, 0.5) is 5.69 Å². The Kier molecular flexibility index (Phi) is 6.18. The van der Waals surface area contributed by atoms with Crippen molar-refractivity contribution in [2.45, 2.75) is 32.5 Å². The van der Waals surface area contributed by atoms with Gasteiger partial charge in [0.05, 0.1) is 18.6 Å². The van der Waals surface area contributed by atoms with Crippen molar-refractivity contribution in [2.75, 3.05) is 11.1 Å². The number of anilines is 1. The average molecular weight is 434 g/mol. The van der Waals surface area contributed by atoms with Crippen molar-refractivity contribution in [2.24, 2.45) is 0 Å². The summed E-state index contributed by atoms with van der Waals surface area (Å²) in [4.78, 5) is 16.8. The summed E-state index contributed by atoms with van der Waals surface area (Å²) in [5.74, 6) is 1.59. The van der Waals surface area contributed by atoms with E-state index in [9.17, 15) is 4.79 Å². The van der Waals surface area contributed by atoms with Crippen LogP contribution in [0.3, 0.4) is 0 Å². The summed E-state index contributed by atoms with van der Waals surface area (Å²) < 4.78 is 7.45. The largest absolute Gasteiger partial charge is 0.467 e. The lowest BCUT2D eigenvalue weighted by molar-refractivity contribution is -0.113. The van der Waals surface area contributed by atoms with Gasteiger partial charge in [0.15, 0.2) is 11.0 Å². The summed E-state index contributed by atoms with van der Waals surface area (Å²) in [5.41, 5.74) is 5.00. The molecule has 3 aromatic heterocycles. The van der Waals surface area contributed by atoms with Crippen LogP contribution in [0.1, 0.15) is 22.5 Å². The Morgan fingerprint density at radius 1 is 1.13 bits per heavy atom. The minimum absolute atomic E-state index is 0.0875. The maximum absolute atomic E-state index is 12.7. The summed E-state index contributed by atoms with van der Waals surface area (Å²) in [6.45, 7) is 6.52. The highest BCUT2D eigenvalue weighted by molar-refractivity contribution is 7.99. The zero-order valence-electron chi connectivity index (χ0n) is 17.6. The molecule has 4 rings (SSSR count). The molecular formula is C23H23N5O2S. The molecule has 4 aromatic rings. The summed E-state index contributed by atoms with van der Waals surface area (Å²) >= 11 is 1.34. The summed E-state index contributed by atoms with van der Waals surface area (Å²) in [5, 5.41) is 12.3. The quantitative estimate of drug-likeness (QED) is 0.428. The fourth-order valence-corrected chi connectivity index (χ4v) is 4.23. The van der Waals surface area contributed by atoms with Crippen molar-refractivity contribution in [3.05, 3.63) is 77.5 Å². The zero-order chi connectivity index (χ0) is 21.8. The second-order valence-corrected chi connectivity index (χ2v) is 8.27. The first-order valence-corrected chi connectivity index (χ1v) is 10.9. The Labute approximate surface area is 184 Å². The number of carbonyl (C=O) groups excluding carboxylic acids is 1. The third-order valence-electron chi connectivity index (χ3n) is 4.80. The molecule has 0 saturated carbocycles. The lowest BCUT2D eigenvalue weighted by Gasteiger charge is -2.13. The highest BCUT2D eigenvalue weighted by Gasteiger charge is 2.17. The van der Waals surface area contributed by atoms with Crippen molar-refractivity contribution >= 4 is 23.4 Å². The molecule has 0 unspecified atom stereocenters. The number of benzene rings is 1. The van der Waals surface area contributed by atoms with Gasteiger partial charge in [0, 0.05) is 23.6 Å². The molecule has 158 valence electrons. The van der Waals surface area contributed by atoms with Gasteiger partial charge in [0.1, 0.15) is 5.76 Å². The predicted octanol–water partition coefficient (Wildman–Crippen LogP) is 4.64. The standard InChI is InChI=1S/C23H23N5O2S/c1-15-10-16(2)21(17(3)11-15)25-20(29)14-31-23-27-26-22(18-6-4-8-24-12-18)28(23)13-19-7-5-9-30-19/h4-12H,13-14H2,1-3H3,(H,25,29). The van der Waals surface area contributed by atoms with Crippen LogP contribution in [0, 0.1) is 20.8 Å². The molecule has 0 saturated heterocycles. The molecule has 1 N–H and O–H groups in total. The molecule has 1 aromatic carbocycles. The maximum atomic E-state index is 12.7. The van der Waals surface area contributed by atoms with Gasteiger partial charge in [-0.3, -0.25) is 14.3 Å². The molecule has 31 heavy (non-hydrogen) atoms. The predicted molar refractivity (Wildman–Crippen MR) is 121 cm³/mol. The van der Waals surface area contributed by atoms with Crippen LogP contribution in [0.25, 0.3) is 11.4 Å². The van der Waals surface area contributed by atoms with E-state index in [0.717, 1.165) is 28.1 Å². The van der Waals surface area contributed by atoms with Crippen molar-refractivity contribution in [1.82, 2.24) is 19.7 Å². The number of aromatic nitrogens is 4. The fraction of sp³-hybridized carbons (Fsp3) is 0.217. The first-order chi connectivity index (χ1) is 15.0. The second-order valence-electron chi connectivity index (χ2n) is 7.32. The van der Waals surface area contributed by atoms with Crippen molar-refractivity contribution < 1.29 is 9.21 Å². The lowest BCUT2D eigenvalue weighted by Crippen LogP contribution is -2.16. The fourth-order valence-electron chi connectivity index (χ4n) is 3.49. The molecule has 3 heterocycles. The topological polar surface area (TPSA) is 85.8 Å². The van der Waals surface area contributed by atoms with E-state index in [0.29, 0.717) is 17.5 Å². The zero-order valence-corrected chi connectivity index (χ0v) is 18.4. The maximum Gasteiger partial charge on any atom is 0.234 e. The summed E-state index contributed by atoms with van der Waals surface area (Å²) in [7, 11) is 0. The molecule has 0 aliphatic heterocycles. The van der Waals surface area contributed by atoms with Gasteiger partial charge < -0.3 is 9.73 Å². The van der Waals surface area contributed by atoms with Gasteiger partial charge in [-0.05, 0) is 56.2 Å². The molecule has 0 atom stereocenters. The molecule has 0 spiro atoms. The van der Waals surface area contributed by atoms with Gasteiger partial charge in [-0.2, -0.15) is 0 Å². The van der Waals surface area contributed by atoms with Gasteiger partial charge in [-0.15, -0.1) is 10.2 Å². The van der Waals surface area contributed by atoms with E-state index in [2.05, 4.69) is 32.6 Å². The SMILES string of the molecule is Cc1cc(C)c(NC(=O)CSc2nnc(-c3cccnc3)n2Cc2ccco2)c(C)c1. The van der Waals surface area contributed by atoms with E-state index in [-0.39, 0.29) is 11.7 Å². The number of hydrogen-bond donors (Lipinski definition) is 1. The van der Waals surface area contributed by atoms with Crippen LogP contribution in [-0.2, 0) is 11.3 Å². The number of furan rings is 1. The molecule has 0 fully saturated rings. The summed E-state index contributed by atoms with van der Waals surface area (Å²) in [6.07, 6.45) is 5.09. The van der Waals surface area contributed by atoms with Crippen LogP contribution < -0.4 is 5.32 Å². The average Bonchev–Trinajstić information content (AvgIpc) is 3.40. The van der Waals surface area contributed by atoms with Crippen LogP contribution in [-0.4, -0.2) is 31.4 Å². The third kappa shape index (κ3) is 4.86. The number of thioether (sulfide) groups is 1. The van der Waals surface area contributed by atoms with E-state index >= 15 is 0 Å². The second kappa shape index (κ2) is 9.18. The molecule has 1 amide bonds. The number of nitrogens with zero attached hydrogens (tertiary/aromatic N) is 4. The normalized spacial score (nSPS) is 10.9. The van der Waals surface area contributed by atoms with Crippen LogP contribution in [0.2, 0.25) is 0 Å². The van der Waals surface area contributed by atoms with E-state index in [1.54, 1.807) is 18.7 Å². The van der Waals surface area contributed by atoms with Gasteiger partial charge in [-0.1, -0.05) is 29.5 Å². The smallest absolute Gasteiger partial charge is 0.234 e. The highest BCUT2D eigenvalue weighted by Crippen LogP contribution is 2.26. The molecule has 0 aliphatic rings. The van der Waals surface area contributed by atoms with Gasteiger partial charge in [0.2, 0.25) is 5.91 Å². The molecule has 0 aliphatic carbocycles. The third-order valence-corrected chi connectivity index (χ3v) is 5.77. The van der Waals surface area contributed by atoms with Crippen LogP contribution in [0.15, 0.2) is 64.6 Å². The lowest BCUT2D eigenvalue weighted by atomic mass is 10.1. The Balaban J connectivity index is 1.53. The van der Waals surface area contributed by atoms with Crippen LogP contribution >= 0.6 is 11.8 Å². The van der Waals surface area contributed by atoms with E-state index in [1.165, 1.54) is 17.3 Å². The number of hydrogen-bond acceptors (Lipinski definition) is 6. The monoisotopic (exact) mass is 433 g/mol. The van der Waals surface area contributed by atoms with E-state index in [1.807, 2.05) is 49.6 Å². The number of pyridine rings is 1. The van der Waals surface area contributed by atoms with Crippen molar-refractivity contribution in [3.63, 3.8) is 0 Å². The number of aryl methyl sites for hydroxylation is 3. The summed E-state index contributed by atoms with van der Waals surface area (Å²) in [6, 6.07) is 11.7. The van der Waals surface area contributed by atoms with Gasteiger partial charge >= 0.3 is 0 Å². The Hall–Kier alpha value is -3.39. The minimum Gasteiger partial charge on any atom is -0.467 e. The molecule has 0 bridgehead atoms. The molecule has 7 nitrogen and oxygen atoms in total. The van der Waals surface area contributed by atoms with E-state index in [4.69, 9.17) is 4.42 Å². The van der Waals surface area contributed by atoms with Crippen molar-refractivity contribution in [1.29, 1.82) is 0 Å². The first kappa shape index (κ1) is 20.9. The Morgan fingerprint density at radius 2 is 1.94 bits per heavy atom. The van der Waals surface area contributed by atoms with Gasteiger partial charge in [-0.25, -0.2) is 0 Å². The van der Waals surface area contributed by atoms with Gasteiger partial charge in [0.25, 0.3) is 0 Å². The van der Waals surface area contributed by atoms with Crippen molar-refractivity contribution in [3.8, 4) is 11.4 Å². The number of nitrogens with one attached hydrogen (secondary N) is 1.